The number of aryl methyl sites for hydroxylation is 2. The van der Waals surface area contributed by atoms with Crippen LogP contribution in [0.4, 0.5) is 18.9 Å². The molecule has 0 heterocycles. The molecule has 2 N–H and O–H groups in total. The summed E-state index contributed by atoms with van der Waals surface area (Å²) in [5.41, 5.74) is 1.94. The molecule has 0 spiro atoms. The maximum Gasteiger partial charge on any atom is 0.418 e. The SMILES string of the molecule is CCC(NC(=O)/C(C#N)=C\Nc1ccc(Cl)cc1C(F)(F)F)c1ccc2c(c1)CCCC2. The van der Waals surface area contributed by atoms with Crippen molar-refractivity contribution >= 4 is 23.2 Å². The van der Waals surface area contributed by atoms with Crippen molar-refractivity contribution in [3.8, 4) is 6.07 Å². The molecular formula is C24H23ClF3N3O. The Morgan fingerprint density at radius 3 is 2.56 bits per heavy atom. The lowest BCUT2D eigenvalue weighted by molar-refractivity contribution is -0.136. The van der Waals surface area contributed by atoms with Gasteiger partial charge in [-0.2, -0.15) is 18.4 Å². The van der Waals surface area contributed by atoms with Crippen LogP contribution >= 0.6 is 11.6 Å². The highest BCUT2D eigenvalue weighted by atomic mass is 35.5. The zero-order valence-electron chi connectivity index (χ0n) is 17.5. The Kier molecular flexibility index (Phi) is 7.47. The van der Waals surface area contributed by atoms with Gasteiger partial charge in [0.25, 0.3) is 5.91 Å². The van der Waals surface area contributed by atoms with Crippen LogP contribution in [0.3, 0.4) is 0 Å². The molecule has 0 saturated heterocycles. The Morgan fingerprint density at radius 2 is 1.91 bits per heavy atom. The van der Waals surface area contributed by atoms with E-state index < -0.39 is 17.6 Å². The van der Waals surface area contributed by atoms with Gasteiger partial charge < -0.3 is 10.6 Å². The average molecular weight is 462 g/mol. The van der Waals surface area contributed by atoms with Gasteiger partial charge in [0.2, 0.25) is 0 Å². The van der Waals surface area contributed by atoms with E-state index >= 15 is 0 Å². The number of rotatable bonds is 6. The zero-order valence-corrected chi connectivity index (χ0v) is 18.3. The third kappa shape index (κ3) is 5.63. The summed E-state index contributed by atoms with van der Waals surface area (Å²) in [7, 11) is 0. The molecule has 168 valence electrons. The van der Waals surface area contributed by atoms with Gasteiger partial charge in [0.15, 0.2) is 0 Å². The topological polar surface area (TPSA) is 64.9 Å². The minimum Gasteiger partial charge on any atom is -0.360 e. The quantitative estimate of drug-likeness (QED) is 0.390. The molecule has 8 heteroatoms. The number of hydrogen-bond acceptors (Lipinski definition) is 3. The Morgan fingerprint density at radius 1 is 1.19 bits per heavy atom. The lowest BCUT2D eigenvalue weighted by Gasteiger charge is -2.21. The normalized spacial score (nSPS) is 14.8. The van der Waals surface area contributed by atoms with Crippen LogP contribution in [0.15, 0.2) is 48.2 Å². The van der Waals surface area contributed by atoms with Gasteiger partial charge in [0.05, 0.1) is 17.3 Å². The summed E-state index contributed by atoms with van der Waals surface area (Å²) in [5, 5.41) is 14.6. The summed E-state index contributed by atoms with van der Waals surface area (Å²) in [6, 6.07) is 10.8. The zero-order chi connectivity index (χ0) is 23.3. The summed E-state index contributed by atoms with van der Waals surface area (Å²) in [4.78, 5) is 12.7. The van der Waals surface area contributed by atoms with E-state index in [2.05, 4.69) is 22.8 Å². The van der Waals surface area contributed by atoms with Crippen molar-refractivity contribution in [3.63, 3.8) is 0 Å². The highest BCUT2D eigenvalue weighted by molar-refractivity contribution is 6.30. The van der Waals surface area contributed by atoms with Crippen molar-refractivity contribution in [2.45, 2.75) is 51.2 Å². The summed E-state index contributed by atoms with van der Waals surface area (Å²) in [5.74, 6) is -0.660. The van der Waals surface area contributed by atoms with Gasteiger partial charge in [-0.05, 0) is 67.0 Å². The second kappa shape index (κ2) is 10.1. The minimum absolute atomic E-state index is 0.0686. The smallest absolute Gasteiger partial charge is 0.360 e. The van der Waals surface area contributed by atoms with Crippen LogP contribution in [-0.2, 0) is 23.8 Å². The fourth-order valence-electron chi connectivity index (χ4n) is 3.80. The van der Waals surface area contributed by atoms with Gasteiger partial charge in [-0.3, -0.25) is 4.79 Å². The molecule has 2 aromatic rings. The molecule has 2 aromatic carbocycles. The largest absolute Gasteiger partial charge is 0.418 e. The van der Waals surface area contributed by atoms with Crippen LogP contribution in [0.25, 0.3) is 0 Å². The van der Waals surface area contributed by atoms with E-state index in [4.69, 9.17) is 11.6 Å². The van der Waals surface area contributed by atoms with Crippen LogP contribution in [0, 0.1) is 11.3 Å². The van der Waals surface area contributed by atoms with E-state index in [1.54, 1.807) is 6.07 Å². The number of nitrogens with zero attached hydrogens (tertiary/aromatic N) is 1. The summed E-state index contributed by atoms with van der Waals surface area (Å²) >= 11 is 5.68. The van der Waals surface area contributed by atoms with Crippen molar-refractivity contribution < 1.29 is 18.0 Å². The molecule has 0 radical (unpaired) electrons. The molecule has 1 aliphatic rings. The van der Waals surface area contributed by atoms with Gasteiger partial charge in [-0.1, -0.05) is 36.7 Å². The predicted molar refractivity (Wildman–Crippen MR) is 118 cm³/mol. The number of anilines is 1. The number of fused-ring (bicyclic) bond motifs is 1. The summed E-state index contributed by atoms with van der Waals surface area (Å²) < 4.78 is 39.8. The number of nitrogens with one attached hydrogen (secondary N) is 2. The third-order valence-corrected chi connectivity index (χ3v) is 5.75. The fraction of sp³-hybridized carbons (Fsp3) is 0.333. The first-order chi connectivity index (χ1) is 15.2. The van der Waals surface area contributed by atoms with Crippen LogP contribution in [-0.4, -0.2) is 5.91 Å². The number of benzene rings is 2. The van der Waals surface area contributed by atoms with Crippen LogP contribution in [0.2, 0.25) is 5.02 Å². The van der Waals surface area contributed by atoms with E-state index in [9.17, 15) is 23.2 Å². The fourth-order valence-corrected chi connectivity index (χ4v) is 3.97. The molecule has 0 bridgehead atoms. The van der Waals surface area contributed by atoms with E-state index in [1.165, 1.54) is 23.6 Å². The number of amides is 1. The molecule has 1 amide bonds. The number of carbonyl (C=O) groups excluding carboxylic acids is 1. The Bertz CT molecular complexity index is 1070. The maximum atomic E-state index is 13.3. The second-order valence-corrected chi connectivity index (χ2v) is 8.11. The first-order valence-corrected chi connectivity index (χ1v) is 10.8. The van der Waals surface area contributed by atoms with E-state index in [0.717, 1.165) is 43.2 Å². The van der Waals surface area contributed by atoms with Crippen molar-refractivity contribution in [3.05, 3.63) is 75.4 Å². The molecule has 4 nitrogen and oxygen atoms in total. The molecule has 3 rings (SSSR count). The number of alkyl halides is 3. The highest BCUT2D eigenvalue weighted by Gasteiger charge is 2.33. The molecular weight excluding hydrogens is 439 g/mol. The Balaban J connectivity index is 1.77. The molecule has 0 aromatic heterocycles. The predicted octanol–water partition coefficient (Wildman–Crippen LogP) is 6.32. The standard InChI is InChI=1S/C24H23ClF3N3O/c1-2-21(17-8-7-15-5-3-4-6-16(15)11-17)31-23(32)18(13-29)14-30-22-10-9-19(25)12-20(22)24(26,27)28/h7-12,14,21,30H,2-6H2,1H3,(H,31,32)/b18-14-. The third-order valence-electron chi connectivity index (χ3n) is 5.51. The molecule has 1 unspecified atom stereocenters. The van der Waals surface area contributed by atoms with Crippen molar-refractivity contribution in [2.75, 3.05) is 5.32 Å². The Labute approximate surface area is 190 Å². The lowest BCUT2D eigenvalue weighted by atomic mass is 9.88. The lowest BCUT2D eigenvalue weighted by Crippen LogP contribution is -2.29. The van der Waals surface area contributed by atoms with Crippen LogP contribution in [0.5, 0.6) is 0 Å². The van der Waals surface area contributed by atoms with Crippen LogP contribution in [0.1, 0.15) is 54.5 Å². The highest BCUT2D eigenvalue weighted by Crippen LogP contribution is 2.36. The first-order valence-electron chi connectivity index (χ1n) is 10.4. The number of halogens is 4. The first kappa shape index (κ1) is 23.7. The molecule has 0 aliphatic heterocycles. The molecule has 0 saturated carbocycles. The summed E-state index contributed by atoms with van der Waals surface area (Å²) in [6.07, 6.45) is 1.31. The van der Waals surface area contributed by atoms with E-state index in [-0.39, 0.29) is 22.3 Å². The van der Waals surface area contributed by atoms with E-state index in [0.29, 0.717) is 6.42 Å². The minimum atomic E-state index is -4.64. The van der Waals surface area contributed by atoms with Gasteiger partial charge in [-0.15, -0.1) is 0 Å². The second-order valence-electron chi connectivity index (χ2n) is 7.67. The number of hydrogen-bond donors (Lipinski definition) is 2. The van der Waals surface area contributed by atoms with Crippen molar-refractivity contribution in [1.82, 2.24) is 5.32 Å². The van der Waals surface area contributed by atoms with E-state index in [1.807, 2.05) is 13.0 Å². The summed E-state index contributed by atoms with van der Waals surface area (Å²) in [6.45, 7) is 1.92. The average Bonchev–Trinajstić information content (AvgIpc) is 2.77. The number of carbonyl (C=O) groups is 1. The number of nitriles is 1. The monoisotopic (exact) mass is 461 g/mol. The molecule has 32 heavy (non-hydrogen) atoms. The van der Waals surface area contributed by atoms with Crippen LogP contribution < -0.4 is 10.6 Å². The van der Waals surface area contributed by atoms with Gasteiger partial charge in [-0.25, -0.2) is 0 Å². The van der Waals surface area contributed by atoms with Gasteiger partial charge in [0, 0.05) is 11.2 Å². The maximum absolute atomic E-state index is 13.3. The molecule has 1 aliphatic carbocycles. The van der Waals surface area contributed by atoms with Crippen molar-refractivity contribution in [2.24, 2.45) is 0 Å². The van der Waals surface area contributed by atoms with Gasteiger partial charge in [0.1, 0.15) is 11.6 Å². The Hall–Kier alpha value is -2.98. The van der Waals surface area contributed by atoms with Gasteiger partial charge >= 0.3 is 6.18 Å². The molecule has 1 atom stereocenters. The molecule has 0 fully saturated rings. The van der Waals surface area contributed by atoms with Crippen molar-refractivity contribution in [1.29, 1.82) is 5.26 Å².